The van der Waals surface area contributed by atoms with Crippen LogP contribution >= 0.6 is 0 Å². The molecule has 1 N–H and O–H groups in total. The van der Waals surface area contributed by atoms with E-state index in [0.717, 1.165) is 23.8 Å². The number of nitrogens with one attached hydrogen (secondary N) is 1. The lowest BCUT2D eigenvalue weighted by atomic mass is 9.94. The van der Waals surface area contributed by atoms with Crippen molar-refractivity contribution in [2.24, 2.45) is 17.8 Å². The second-order valence-corrected chi connectivity index (χ2v) is 7.39. The van der Waals surface area contributed by atoms with E-state index in [9.17, 15) is 9.59 Å². The Hall–Kier alpha value is -2.04. The van der Waals surface area contributed by atoms with Gasteiger partial charge in [0.2, 0.25) is 11.8 Å². The molecule has 0 spiro atoms. The molecule has 3 aliphatic rings. The van der Waals surface area contributed by atoms with Crippen molar-refractivity contribution in [1.29, 1.82) is 0 Å². The number of ether oxygens (including phenoxy) is 1. The SMILES string of the molecule is COc1ccc(N2C[C@@H](C(=O)N[C@H]3C[C@H]4CC[C@H]3C4)CC2=O)cc1. The first-order valence-electron chi connectivity index (χ1n) is 8.89. The summed E-state index contributed by atoms with van der Waals surface area (Å²) in [6.45, 7) is 0.470. The standard InChI is InChI=1S/C19H24N2O3/c1-24-16-6-4-15(5-7-16)21-11-14(10-18(21)22)19(23)20-17-9-12-2-3-13(17)8-12/h4-7,12-14,17H,2-3,8-11H2,1H3,(H,20,23)/t12-,13-,14-,17-/m0/s1. The first-order valence-corrected chi connectivity index (χ1v) is 8.89. The van der Waals surface area contributed by atoms with Crippen molar-refractivity contribution in [2.75, 3.05) is 18.6 Å². The maximum absolute atomic E-state index is 12.6. The number of hydrogen-bond donors (Lipinski definition) is 1. The van der Waals surface area contributed by atoms with Gasteiger partial charge in [-0.05, 0) is 55.4 Å². The molecule has 1 aromatic rings. The zero-order valence-corrected chi connectivity index (χ0v) is 14.0. The molecule has 24 heavy (non-hydrogen) atoms. The van der Waals surface area contributed by atoms with Crippen LogP contribution in [0.2, 0.25) is 0 Å². The molecule has 0 aromatic heterocycles. The van der Waals surface area contributed by atoms with Crippen LogP contribution in [0.4, 0.5) is 5.69 Å². The Morgan fingerprint density at radius 2 is 2.00 bits per heavy atom. The maximum Gasteiger partial charge on any atom is 0.227 e. The van der Waals surface area contributed by atoms with Crippen molar-refractivity contribution < 1.29 is 14.3 Å². The van der Waals surface area contributed by atoms with E-state index < -0.39 is 0 Å². The first-order chi connectivity index (χ1) is 11.6. The number of nitrogens with zero attached hydrogens (tertiary/aromatic N) is 1. The van der Waals surface area contributed by atoms with Crippen LogP contribution in [0.5, 0.6) is 5.75 Å². The van der Waals surface area contributed by atoms with Crippen LogP contribution in [-0.4, -0.2) is 31.5 Å². The fourth-order valence-electron chi connectivity index (χ4n) is 4.62. The fourth-order valence-corrected chi connectivity index (χ4v) is 4.62. The lowest BCUT2D eigenvalue weighted by Gasteiger charge is -2.24. The maximum atomic E-state index is 12.6. The average molecular weight is 328 g/mol. The van der Waals surface area contributed by atoms with Gasteiger partial charge in [-0.25, -0.2) is 0 Å². The number of methoxy groups -OCH3 is 1. The van der Waals surface area contributed by atoms with Crippen LogP contribution < -0.4 is 15.0 Å². The smallest absolute Gasteiger partial charge is 0.227 e. The summed E-state index contributed by atoms with van der Waals surface area (Å²) in [7, 11) is 1.62. The highest BCUT2D eigenvalue weighted by Crippen LogP contribution is 2.44. The van der Waals surface area contributed by atoms with Gasteiger partial charge in [0.1, 0.15) is 5.75 Å². The van der Waals surface area contributed by atoms with Gasteiger partial charge in [-0.3, -0.25) is 9.59 Å². The third-order valence-corrected chi connectivity index (χ3v) is 5.95. The molecule has 0 unspecified atom stereocenters. The summed E-state index contributed by atoms with van der Waals surface area (Å²) in [5.41, 5.74) is 0.830. The number of rotatable bonds is 4. The van der Waals surface area contributed by atoms with Crippen molar-refractivity contribution in [3.63, 3.8) is 0 Å². The Morgan fingerprint density at radius 1 is 1.21 bits per heavy atom. The zero-order valence-electron chi connectivity index (χ0n) is 14.0. The highest BCUT2D eigenvalue weighted by atomic mass is 16.5. The number of anilines is 1. The minimum Gasteiger partial charge on any atom is -0.497 e. The Balaban J connectivity index is 1.38. The summed E-state index contributed by atoms with van der Waals surface area (Å²) in [6, 6.07) is 7.75. The second-order valence-electron chi connectivity index (χ2n) is 7.39. The van der Waals surface area contributed by atoms with E-state index in [2.05, 4.69) is 5.32 Å². The van der Waals surface area contributed by atoms with Crippen molar-refractivity contribution in [3.8, 4) is 5.75 Å². The highest BCUT2D eigenvalue weighted by Gasteiger charge is 2.42. The van der Waals surface area contributed by atoms with Gasteiger partial charge in [0.25, 0.3) is 0 Å². The van der Waals surface area contributed by atoms with Crippen LogP contribution in [-0.2, 0) is 9.59 Å². The Bertz CT molecular complexity index is 643. The van der Waals surface area contributed by atoms with E-state index in [0.29, 0.717) is 24.9 Å². The molecule has 2 saturated carbocycles. The van der Waals surface area contributed by atoms with Crippen molar-refractivity contribution in [2.45, 2.75) is 38.1 Å². The normalized spacial score (nSPS) is 31.5. The van der Waals surface area contributed by atoms with Gasteiger partial charge in [-0.2, -0.15) is 0 Å². The van der Waals surface area contributed by atoms with E-state index in [-0.39, 0.29) is 17.7 Å². The van der Waals surface area contributed by atoms with Crippen LogP contribution in [0.15, 0.2) is 24.3 Å². The van der Waals surface area contributed by atoms with Gasteiger partial charge >= 0.3 is 0 Å². The topological polar surface area (TPSA) is 58.6 Å². The predicted molar refractivity (Wildman–Crippen MR) is 90.8 cm³/mol. The average Bonchev–Trinajstić information content (AvgIpc) is 3.30. The molecule has 5 heteroatoms. The lowest BCUT2D eigenvalue weighted by Crippen LogP contribution is -2.42. The van der Waals surface area contributed by atoms with Crippen molar-refractivity contribution >= 4 is 17.5 Å². The molecule has 0 radical (unpaired) electrons. The molecule has 128 valence electrons. The number of carbonyl (C=O) groups is 2. The van der Waals surface area contributed by atoms with Crippen LogP contribution in [0.25, 0.3) is 0 Å². The summed E-state index contributed by atoms with van der Waals surface area (Å²) < 4.78 is 5.15. The minimum absolute atomic E-state index is 0.0215. The minimum atomic E-state index is -0.237. The number of fused-ring (bicyclic) bond motifs is 2. The van der Waals surface area contributed by atoms with Gasteiger partial charge in [-0.1, -0.05) is 6.42 Å². The third kappa shape index (κ3) is 2.76. The molecular formula is C19H24N2O3. The van der Waals surface area contributed by atoms with E-state index in [1.165, 1.54) is 19.3 Å². The predicted octanol–water partition coefficient (Wildman–Crippen LogP) is 2.35. The van der Waals surface area contributed by atoms with Gasteiger partial charge in [0, 0.05) is 24.7 Å². The number of hydrogen-bond acceptors (Lipinski definition) is 3. The van der Waals surface area contributed by atoms with E-state index in [4.69, 9.17) is 4.74 Å². The van der Waals surface area contributed by atoms with E-state index in [1.807, 2.05) is 24.3 Å². The molecule has 4 rings (SSSR count). The molecule has 1 aliphatic heterocycles. The quantitative estimate of drug-likeness (QED) is 0.923. The van der Waals surface area contributed by atoms with Crippen molar-refractivity contribution in [3.05, 3.63) is 24.3 Å². The number of benzene rings is 1. The monoisotopic (exact) mass is 328 g/mol. The largest absolute Gasteiger partial charge is 0.497 e. The molecule has 2 bridgehead atoms. The zero-order chi connectivity index (χ0) is 16.7. The van der Waals surface area contributed by atoms with Crippen LogP contribution in [0, 0.1) is 17.8 Å². The Morgan fingerprint density at radius 3 is 2.62 bits per heavy atom. The molecule has 4 atom stereocenters. The molecule has 1 heterocycles. The molecule has 3 fully saturated rings. The van der Waals surface area contributed by atoms with Crippen LogP contribution in [0.1, 0.15) is 32.1 Å². The van der Waals surface area contributed by atoms with Crippen molar-refractivity contribution in [1.82, 2.24) is 5.32 Å². The molecule has 1 aromatic carbocycles. The highest BCUT2D eigenvalue weighted by molar-refractivity contribution is 6.00. The second kappa shape index (κ2) is 6.11. The van der Waals surface area contributed by atoms with Gasteiger partial charge < -0.3 is 15.0 Å². The summed E-state index contributed by atoms with van der Waals surface area (Å²) >= 11 is 0. The Kier molecular flexibility index (Phi) is 3.94. The molecular weight excluding hydrogens is 304 g/mol. The number of carbonyl (C=O) groups excluding carboxylic acids is 2. The summed E-state index contributed by atoms with van der Waals surface area (Å²) in [5, 5.41) is 3.23. The van der Waals surface area contributed by atoms with Crippen LogP contribution in [0.3, 0.4) is 0 Å². The van der Waals surface area contributed by atoms with Gasteiger partial charge in [0.15, 0.2) is 0 Å². The van der Waals surface area contributed by atoms with E-state index in [1.54, 1.807) is 12.0 Å². The molecule has 2 aliphatic carbocycles. The van der Waals surface area contributed by atoms with Gasteiger partial charge in [0.05, 0.1) is 13.0 Å². The fraction of sp³-hybridized carbons (Fsp3) is 0.579. The molecule has 2 amide bonds. The van der Waals surface area contributed by atoms with Gasteiger partial charge in [-0.15, -0.1) is 0 Å². The molecule has 5 nitrogen and oxygen atoms in total. The number of amides is 2. The lowest BCUT2D eigenvalue weighted by molar-refractivity contribution is -0.127. The van der Waals surface area contributed by atoms with E-state index >= 15 is 0 Å². The molecule has 1 saturated heterocycles. The Labute approximate surface area is 142 Å². The first kappa shape index (κ1) is 15.5. The summed E-state index contributed by atoms with van der Waals surface area (Å²) in [5.74, 6) is 2.06. The third-order valence-electron chi connectivity index (χ3n) is 5.95. The summed E-state index contributed by atoms with van der Waals surface area (Å²) in [4.78, 5) is 26.6. The summed E-state index contributed by atoms with van der Waals surface area (Å²) in [6.07, 6.45) is 5.27.